The molecule has 0 unspecified atom stereocenters. The second-order valence-electron chi connectivity index (χ2n) is 5.56. The van der Waals surface area contributed by atoms with Crippen LogP contribution in [0.3, 0.4) is 0 Å². The molecule has 0 radical (unpaired) electrons. The maximum atomic E-state index is 12.1. The lowest BCUT2D eigenvalue weighted by Gasteiger charge is -2.14. The average molecular weight is 287 g/mol. The lowest BCUT2D eigenvalue weighted by Crippen LogP contribution is -2.20. The van der Waals surface area contributed by atoms with Gasteiger partial charge in [0, 0.05) is 17.6 Å². The highest BCUT2D eigenvalue weighted by atomic mass is 16.3. The van der Waals surface area contributed by atoms with Crippen LogP contribution in [0.25, 0.3) is 0 Å². The standard InChI is InChI=1S/C16H21N3O2/c1-10(2)13-8-14(11(3)7-15(13)20)18-16(21)9-19-12(4)5-6-17-19/h5-8,10,20H,9H2,1-4H3,(H,18,21). The Balaban J connectivity index is 2.17. The van der Waals surface area contributed by atoms with Gasteiger partial charge in [-0.2, -0.15) is 5.10 Å². The van der Waals surface area contributed by atoms with E-state index in [0.29, 0.717) is 0 Å². The summed E-state index contributed by atoms with van der Waals surface area (Å²) in [5.74, 6) is 0.323. The van der Waals surface area contributed by atoms with Crippen LogP contribution < -0.4 is 5.32 Å². The van der Waals surface area contributed by atoms with Crippen molar-refractivity contribution in [3.05, 3.63) is 41.2 Å². The fraction of sp³-hybridized carbons (Fsp3) is 0.375. The first-order chi connectivity index (χ1) is 9.88. The van der Waals surface area contributed by atoms with E-state index in [-0.39, 0.29) is 24.1 Å². The molecule has 0 saturated carbocycles. The van der Waals surface area contributed by atoms with E-state index in [1.165, 1.54) is 0 Å². The Morgan fingerprint density at radius 3 is 2.67 bits per heavy atom. The molecule has 0 aliphatic rings. The monoisotopic (exact) mass is 287 g/mol. The van der Waals surface area contributed by atoms with Crippen LogP contribution in [0.4, 0.5) is 5.69 Å². The molecule has 2 N–H and O–H groups in total. The van der Waals surface area contributed by atoms with E-state index in [1.54, 1.807) is 16.9 Å². The van der Waals surface area contributed by atoms with Crippen LogP contribution in [0.1, 0.15) is 36.6 Å². The molecule has 112 valence electrons. The molecular formula is C16H21N3O2. The molecule has 2 aromatic rings. The zero-order valence-corrected chi connectivity index (χ0v) is 12.8. The lowest BCUT2D eigenvalue weighted by atomic mass is 9.99. The van der Waals surface area contributed by atoms with E-state index in [4.69, 9.17) is 0 Å². The molecule has 5 heteroatoms. The summed E-state index contributed by atoms with van der Waals surface area (Å²) >= 11 is 0. The maximum absolute atomic E-state index is 12.1. The zero-order chi connectivity index (χ0) is 15.6. The van der Waals surface area contributed by atoms with Crippen LogP contribution in [0.15, 0.2) is 24.4 Å². The highest BCUT2D eigenvalue weighted by Gasteiger charge is 2.12. The molecule has 0 aliphatic carbocycles. The quantitative estimate of drug-likeness (QED) is 0.850. The fourth-order valence-corrected chi connectivity index (χ4v) is 2.20. The molecule has 0 saturated heterocycles. The van der Waals surface area contributed by atoms with Gasteiger partial charge in [0.1, 0.15) is 12.3 Å². The number of phenols is 1. The Kier molecular flexibility index (Phi) is 4.31. The Labute approximate surface area is 124 Å². The maximum Gasteiger partial charge on any atom is 0.246 e. The molecule has 1 aromatic heterocycles. The van der Waals surface area contributed by atoms with Crippen molar-refractivity contribution in [2.75, 3.05) is 5.32 Å². The van der Waals surface area contributed by atoms with Crippen molar-refractivity contribution < 1.29 is 9.90 Å². The van der Waals surface area contributed by atoms with Gasteiger partial charge in [0.05, 0.1) is 0 Å². The van der Waals surface area contributed by atoms with E-state index in [0.717, 1.165) is 22.5 Å². The number of carbonyl (C=O) groups is 1. The number of aromatic nitrogens is 2. The van der Waals surface area contributed by atoms with Gasteiger partial charge in [-0.3, -0.25) is 9.48 Å². The van der Waals surface area contributed by atoms with Gasteiger partial charge in [0.15, 0.2) is 0 Å². The summed E-state index contributed by atoms with van der Waals surface area (Å²) in [5, 5.41) is 16.9. The highest BCUT2D eigenvalue weighted by Crippen LogP contribution is 2.31. The van der Waals surface area contributed by atoms with Gasteiger partial charge in [0.25, 0.3) is 0 Å². The van der Waals surface area contributed by atoms with Crippen molar-refractivity contribution in [3.63, 3.8) is 0 Å². The molecule has 1 heterocycles. The van der Waals surface area contributed by atoms with Gasteiger partial charge in [-0.25, -0.2) is 0 Å². The van der Waals surface area contributed by atoms with Crippen LogP contribution in [0.5, 0.6) is 5.75 Å². The number of hydrogen-bond acceptors (Lipinski definition) is 3. The van der Waals surface area contributed by atoms with Gasteiger partial charge in [-0.05, 0) is 49.1 Å². The van der Waals surface area contributed by atoms with Crippen molar-refractivity contribution in [3.8, 4) is 5.75 Å². The molecule has 0 atom stereocenters. The summed E-state index contributed by atoms with van der Waals surface area (Å²) < 4.78 is 1.65. The molecule has 0 bridgehead atoms. The Bertz CT molecular complexity index is 660. The van der Waals surface area contributed by atoms with Crippen LogP contribution in [0.2, 0.25) is 0 Å². The molecule has 0 aliphatic heterocycles. The second kappa shape index (κ2) is 5.99. The van der Waals surface area contributed by atoms with E-state index < -0.39 is 0 Å². The van der Waals surface area contributed by atoms with Crippen molar-refractivity contribution >= 4 is 11.6 Å². The molecule has 0 spiro atoms. The third-order valence-corrected chi connectivity index (χ3v) is 3.49. The van der Waals surface area contributed by atoms with E-state index in [2.05, 4.69) is 10.4 Å². The van der Waals surface area contributed by atoms with E-state index in [1.807, 2.05) is 39.8 Å². The minimum atomic E-state index is -0.134. The summed E-state index contributed by atoms with van der Waals surface area (Å²) in [4.78, 5) is 12.1. The first-order valence-corrected chi connectivity index (χ1v) is 7.00. The Morgan fingerprint density at radius 2 is 2.10 bits per heavy atom. The van der Waals surface area contributed by atoms with Crippen molar-refractivity contribution in [1.29, 1.82) is 0 Å². The summed E-state index contributed by atoms with van der Waals surface area (Å²) in [6.45, 7) is 7.95. The molecule has 21 heavy (non-hydrogen) atoms. The Hall–Kier alpha value is -2.30. The smallest absolute Gasteiger partial charge is 0.246 e. The van der Waals surface area contributed by atoms with Gasteiger partial charge >= 0.3 is 0 Å². The van der Waals surface area contributed by atoms with Gasteiger partial charge in [-0.15, -0.1) is 0 Å². The van der Waals surface area contributed by atoms with Gasteiger partial charge < -0.3 is 10.4 Å². The number of aromatic hydroxyl groups is 1. The minimum Gasteiger partial charge on any atom is -0.508 e. The normalized spacial score (nSPS) is 10.9. The molecule has 1 amide bonds. The molecule has 5 nitrogen and oxygen atoms in total. The van der Waals surface area contributed by atoms with Crippen LogP contribution >= 0.6 is 0 Å². The van der Waals surface area contributed by atoms with Crippen LogP contribution in [0, 0.1) is 13.8 Å². The lowest BCUT2D eigenvalue weighted by molar-refractivity contribution is -0.116. The number of rotatable bonds is 4. The van der Waals surface area contributed by atoms with Crippen LogP contribution in [-0.4, -0.2) is 20.8 Å². The first-order valence-electron chi connectivity index (χ1n) is 7.00. The predicted octanol–water partition coefficient (Wildman–Crippen LogP) is 2.97. The summed E-state index contributed by atoms with van der Waals surface area (Å²) in [5.41, 5.74) is 3.33. The number of phenolic OH excluding ortho intramolecular Hbond substituents is 1. The number of anilines is 1. The zero-order valence-electron chi connectivity index (χ0n) is 12.8. The highest BCUT2D eigenvalue weighted by molar-refractivity contribution is 5.91. The number of hydrogen-bond donors (Lipinski definition) is 2. The number of nitrogens with one attached hydrogen (secondary N) is 1. The number of aryl methyl sites for hydroxylation is 2. The third kappa shape index (κ3) is 3.42. The van der Waals surface area contributed by atoms with Crippen molar-refractivity contribution in [2.24, 2.45) is 0 Å². The first kappa shape index (κ1) is 15.1. The van der Waals surface area contributed by atoms with E-state index >= 15 is 0 Å². The number of nitrogens with zero attached hydrogens (tertiary/aromatic N) is 2. The second-order valence-corrected chi connectivity index (χ2v) is 5.56. The van der Waals surface area contributed by atoms with E-state index in [9.17, 15) is 9.90 Å². The molecule has 2 rings (SSSR count). The molecule has 1 aromatic carbocycles. The SMILES string of the molecule is Cc1cc(O)c(C(C)C)cc1NC(=O)Cn1nccc1C. The topological polar surface area (TPSA) is 67.2 Å². The number of amides is 1. The summed E-state index contributed by atoms with van der Waals surface area (Å²) in [6.07, 6.45) is 1.67. The van der Waals surface area contributed by atoms with Crippen LogP contribution in [-0.2, 0) is 11.3 Å². The Morgan fingerprint density at radius 1 is 1.38 bits per heavy atom. The average Bonchev–Trinajstić information content (AvgIpc) is 2.78. The molecule has 0 fully saturated rings. The van der Waals surface area contributed by atoms with Crippen molar-refractivity contribution in [2.45, 2.75) is 40.2 Å². The molecular weight excluding hydrogens is 266 g/mol. The van der Waals surface area contributed by atoms with Gasteiger partial charge in [0.2, 0.25) is 5.91 Å². The largest absolute Gasteiger partial charge is 0.508 e. The fourth-order valence-electron chi connectivity index (χ4n) is 2.20. The third-order valence-electron chi connectivity index (χ3n) is 3.49. The number of carbonyl (C=O) groups excluding carboxylic acids is 1. The number of benzene rings is 1. The minimum absolute atomic E-state index is 0.134. The summed E-state index contributed by atoms with van der Waals surface area (Å²) in [7, 11) is 0. The van der Waals surface area contributed by atoms with Crippen molar-refractivity contribution in [1.82, 2.24) is 9.78 Å². The predicted molar refractivity (Wildman–Crippen MR) is 82.5 cm³/mol. The summed E-state index contributed by atoms with van der Waals surface area (Å²) in [6, 6.07) is 5.38. The van der Waals surface area contributed by atoms with Gasteiger partial charge in [-0.1, -0.05) is 13.8 Å².